The van der Waals surface area contributed by atoms with Gasteiger partial charge >= 0.3 is 0 Å². The van der Waals surface area contributed by atoms with Gasteiger partial charge in [0.05, 0.1) is 0 Å². The molecule has 0 amide bonds. The smallest absolute Gasteiger partial charge is 0.123 e. The highest BCUT2D eigenvalue weighted by molar-refractivity contribution is 5.42. The van der Waals surface area contributed by atoms with E-state index in [4.69, 9.17) is 0 Å². The molecule has 1 aromatic rings. The molecule has 1 N–H and O–H groups in total. The first-order valence-corrected chi connectivity index (χ1v) is 8.27. The van der Waals surface area contributed by atoms with Crippen LogP contribution in [0.4, 0.5) is 10.1 Å². The Balaban J connectivity index is 1.34. The van der Waals surface area contributed by atoms with Crippen LogP contribution in [0.25, 0.3) is 0 Å². The molecule has 0 bridgehead atoms. The zero-order chi connectivity index (χ0) is 14.5. The third-order valence-corrected chi connectivity index (χ3v) is 4.85. The third kappa shape index (κ3) is 4.17. The number of piperazine rings is 1. The summed E-state index contributed by atoms with van der Waals surface area (Å²) in [4.78, 5) is 5.22. The number of nitrogens with one attached hydrogen (secondary N) is 1. The van der Waals surface area contributed by atoms with Gasteiger partial charge in [-0.3, -0.25) is 9.80 Å². The Hall–Kier alpha value is -1.13. The molecule has 3 nitrogen and oxygen atoms in total. The lowest BCUT2D eigenvalue weighted by atomic mass is 10.2. The summed E-state index contributed by atoms with van der Waals surface area (Å²) in [6.45, 7) is 6.80. The summed E-state index contributed by atoms with van der Waals surface area (Å²) in [5.41, 5.74) is 1.00. The van der Waals surface area contributed by atoms with Crippen LogP contribution in [-0.2, 0) is 0 Å². The van der Waals surface area contributed by atoms with Crippen LogP contribution in [0.1, 0.15) is 25.7 Å². The molecule has 0 atom stereocenters. The Morgan fingerprint density at radius 1 is 1.00 bits per heavy atom. The van der Waals surface area contributed by atoms with Gasteiger partial charge in [0.15, 0.2) is 0 Å². The molecule has 0 spiro atoms. The van der Waals surface area contributed by atoms with Crippen LogP contribution in [0.15, 0.2) is 24.3 Å². The first-order chi connectivity index (χ1) is 10.3. The molecule has 0 unspecified atom stereocenters. The van der Waals surface area contributed by atoms with Crippen molar-refractivity contribution in [3.63, 3.8) is 0 Å². The average Bonchev–Trinajstić information content (AvgIpc) is 3.04. The van der Waals surface area contributed by atoms with Crippen LogP contribution in [-0.4, -0.2) is 55.1 Å². The maximum absolute atomic E-state index is 12.8. The first kappa shape index (κ1) is 14.8. The molecular formula is C17H26FN3. The number of halogens is 1. The lowest BCUT2D eigenvalue weighted by molar-refractivity contribution is 0.100. The minimum absolute atomic E-state index is 0.177. The van der Waals surface area contributed by atoms with Crippen LogP contribution in [0.5, 0.6) is 0 Å². The molecule has 1 aromatic carbocycles. The molecule has 1 saturated heterocycles. The van der Waals surface area contributed by atoms with Crippen molar-refractivity contribution in [2.45, 2.75) is 31.7 Å². The third-order valence-electron chi connectivity index (χ3n) is 4.85. The Labute approximate surface area is 127 Å². The molecule has 2 aliphatic rings. The van der Waals surface area contributed by atoms with Crippen molar-refractivity contribution in [1.82, 2.24) is 9.80 Å². The fourth-order valence-corrected chi connectivity index (χ4v) is 3.55. The van der Waals surface area contributed by atoms with Crippen LogP contribution >= 0.6 is 0 Å². The van der Waals surface area contributed by atoms with Gasteiger partial charge in [0, 0.05) is 51.0 Å². The van der Waals surface area contributed by atoms with E-state index in [2.05, 4.69) is 15.1 Å². The van der Waals surface area contributed by atoms with E-state index >= 15 is 0 Å². The summed E-state index contributed by atoms with van der Waals surface area (Å²) in [7, 11) is 0. The maximum Gasteiger partial charge on any atom is 0.123 e. The standard InChI is InChI=1S/C17H26FN3/c18-15-5-7-16(8-6-15)19-9-10-20-11-13-21(14-12-20)17-3-1-2-4-17/h5-8,17,19H,1-4,9-14H2. The van der Waals surface area contributed by atoms with E-state index in [1.165, 1.54) is 64.0 Å². The van der Waals surface area contributed by atoms with Crippen molar-refractivity contribution in [2.24, 2.45) is 0 Å². The highest BCUT2D eigenvalue weighted by atomic mass is 19.1. The molecule has 116 valence electrons. The Morgan fingerprint density at radius 3 is 2.33 bits per heavy atom. The van der Waals surface area contributed by atoms with Crippen molar-refractivity contribution in [3.8, 4) is 0 Å². The second-order valence-electron chi connectivity index (χ2n) is 6.25. The zero-order valence-electron chi connectivity index (χ0n) is 12.7. The second-order valence-corrected chi connectivity index (χ2v) is 6.25. The van der Waals surface area contributed by atoms with Gasteiger partial charge in [-0.1, -0.05) is 12.8 Å². The number of benzene rings is 1. The lowest BCUT2D eigenvalue weighted by Gasteiger charge is -2.38. The normalized spacial score (nSPS) is 21.8. The number of hydrogen-bond acceptors (Lipinski definition) is 3. The summed E-state index contributed by atoms with van der Waals surface area (Å²) in [5.74, 6) is -0.177. The van der Waals surface area contributed by atoms with E-state index in [0.29, 0.717) is 0 Å². The molecule has 1 saturated carbocycles. The fourth-order valence-electron chi connectivity index (χ4n) is 3.55. The quantitative estimate of drug-likeness (QED) is 0.900. The Kier molecular flexibility index (Phi) is 5.09. The summed E-state index contributed by atoms with van der Waals surface area (Å²) in [6.07, 6.45) is 5.66. The van der Waals surface area contributed by atoms with Crippen LogP contribution < -0.4 is 5.32 Å². The molecule has 1 aliphatic carbocycles. The molecule has 1 aliphatic heterocycles. The van der Waals surface area contributed by atoms with Gasteiger partial charge in [-0.25, -0.2) is 4.39 Å². The maximum atomic E-state index is 12.8. The predicted octanol–water partition coefficient (Wildman–Crippen LogP) is 2.80. The molecule has 3 rings (SSSR count). The molecule has 4 heteroatoms. The van der Waals surface area contributed by atoms with E-state index in [-0.39, 0.29) is 5.82 Å². The summed E-state index contributed by atoms with van der Waals surface area (Å²) >= 11 is 0. The highest BCUT2D eigenvalue weighted by Crippen LogP contribution is 2.24. The van der Waals surface area contributed by atoms with Crippen LogP contribution in [0.2, 0.25) is 0 Å². The highest BCUT2D eigenvalue weighted by Gasteiger charge is 2.25. The number of nitrogens with zero attached hydrogens (tertiary/aromatic N) is 2. The predicted molar refractivity (Wildman–Crippen MR) is 85.2 cm³/mol. The molecule has 2 fully saturated rings. The van der Waals surface area contributed by atoms with Gasteiger partial charge in [0.2, 0.25) is 0 Å². The average molecular weight is 291 g/mol. The minimum Gasteiger partial charge on any atom is -0.384 e. The molecule has 0 aromatic heterocycles. The van der Waals surface area contributed by atoms with Crippen LogP contribution in [0.3, 0.4) is 0 Å². The molecule has 0 radical (unpaired) electrons. The van der Waals surface area contributed by atoms with E-state index < -0.39 is 0 Å². The van der Waals surface area contributed by atoms with Crippen molar-refractivity contribution in [3.05, 3.63) is 30.1 Å². The van der Waals surface area contributed by atoms with Gasteiger partial charge in [-0.2, -0.15) is 0 Å². The van der Waals surface area contributed by atoms with Crippen molar-refractivity contribution in [1.29, 1.82) is 0 Å². The molecule has 1 heterocycles. The number of rotatable bonds is 5. The number of anilines is 1. The molecule has 21 heavy (non-hydrogen) atoms. The fraction of sp³-hybridized carbons (Fsp3) is 0.647. The summed E-state index contributed by atoms with van der Waals surface area (Å²) < 4.78 is 12.8. The number of hydrogen-bond donors (Lipinski definition) is 1. The van der Waals surface area contributed by atoms with E-state index in [9.17, 15) is 4.39 Å². The Bertz CT molecular complexity index is 420. The summed E-state index contributed by atoms with van der Waals surface area (Å²) in [6, 6.07) is 7.47. The minimum atomic E-state index is -0.177. The van der Waals surface area contributed by atoms with Gasteiger partial charge in [-0.15, -0.1) is 0 Å². The Morgan fingerprint density at radius 2 is 1.67 bits per heavy atom. The first-order valence-electron chi connectivity index (χ1n) is 8.27. The van der Waals surface area contributed by atoms with E-state index in [1.54, 1.807) is 12.1 Å². The summed E-state index contributed by atoms with van der Waals surface area (Å²) in [5, 5.41) is 3.36. The van der Waals surface area contributed by atoms with Gasteiger partial charge in [0.25, 0.3) is 0 Å². The molecular weight excluding hydrogens is 265 g/mol. The topological polar surface area (TPSA) is 18.5 Å². The van der Waals surface area contributed by atoms with Crippen molar-refractivity contribution in [2.75, 3.05) is 44.6 Å². The van der Waals surface area contributed by atoms with E-state index in [0.717, 1.165) is 24.8 Å². The lowest BCUT2D eigenvalue weighted by Crippen LogP contribution is -2.50. The second kappa shape index (κ2) is 7.23. The zero-order valence-corrected chi connectivity index (χ0v) is 12.7. The van der Waals surface area contributed by atoms with Gasteiger partial charge in [0.1, 0.15) is 5.82 Å². The van der Waals surface area contributed by atoms with Crippen molar-refractivity contribution < 1.29 is 4.39 Å². The largest absolute Gasteiger partial charge is 0.384 e. The van der Waals surface area contributed by atoms with Crippen LogP contribution in [0, 0.1) is 5.82 Å². The monoisotopic (exact) mass is 291 g/mol. The van der Waals surface area contributed by atoms with Gasteiger partial charge in [-0.05, 0) is 37.1 Å². The van der Waals surface area contributed by atoms with E-state index in [1.807, 2.05) is 0 Å². The van der Waals surface area contributed by atoms with Gasteiger partial charge < -0.3 is 5.32 Å². The SMILES string of the molecule is Fc1ccc(NCCN2CCN(C3CCCC3)CC2)cc1. The van der Waals surface area contributed by atoms with Crippen molar-refractivity contribution >= 4 is 5.69 Å².